The molecule has 0 N–H and O–H groups in total. The predicted octanol–water partition coefficient (Wildman–Crippen LogP) is 3.77. The van der Waals surface area contributed by atoms with Gasteiger partial charge in [0.25, 0.3) is 0 Å². The van der Waals surface area contributed by atoms with Crippen LogP contribution in [0.5, 0.6) is 5.75 Å². The Morgan fingerprint density at radius 2 is 1.88 bits per heavy atom. The fourth-order valence-electron chi connectivity index (χ4n) is 1.59. The molecular weight excluding hydrogens is 216 g/mol. The molecule has 3 heteroatoms. The summed E-state index contributed by atoms with van der Waals surface area (Å²) in [6.45, 7) is 2.31. The van der Waals surface area contributed by atoms with Crippen molar-refractivity contribution in [1.29, 1.82) is 0 Å². The maximum Gasteiger partial charge on any atom is 0.513 e. The average Bonchev–Trinajstić information content (AvgIpc) is 2.37. The summed E-state index contributed by atoms with van der Waals surface area (Å²) >= 11 is 0. The van der Waals surface area contributed by atoms with Crippen LogP contribution in [-0.4, -0.2) is 12.8 Å². The molecule has 2 aromatic rings. The van der Waals surface area contributed by atoms with E-state index in [2.05, 4.69) is 0 Å². The molecule has 0 amide bonds. The molecule has 88 valence electrons. The third-order valence-corrected chi connectivity index (χ3v) is 2.37. The van der Waals surface area contributed by atoms with E-state index in [0.29, 0.717) is 12.4 Å². The average molecular weight is 230 g/mol. The Hall–Kier alpha value is -2.03. The van der Waals surface area contributed by atoms with Gasteiger partial charge in [0.2, 0.25) is 0 Å². The van der Waals surface area contributed by atoms with Crippen molar-refractivity contribution >= 4 is 16.9 Å². The Bertz CT molecular complexity index is 514. The minimum Gasteiger partial charge on any atom is -0.434 e. The van der Waals surface area contributed by atoms with E-state index < -0.39 is 6.16 Å². The summed E-state index contributed by atoms with van der Waals surface area (Å²) in [6, 6.07) is 13.3. The maximum absolute atomic E-state index is 11.4. The number of benzene rings is 2. The Morgan fingerprint density at radius 3 is 2.71 bits per heavy atom. The van der Waals surface area contributed by atoms with Crippen molar-refractivity contribution in [3.63, 3.8) is 0 Å². The van der Waals surface area contributed by atoms with Gasteiger partial charge in [-0.05, 0) is 17.9 Å². The van der Waals surface area contributed by atoms with Crippen LogP contribution in [0.25, 0.3) is 10.8 Å². The highest BCUT2D eigenvalue weighted by atomic mass is 16.7. The normalized spacial score (nSPS) is 10.2. The second kappa shape index (κ2) is 5.34. The van der Waals surface area contributed by atoms with Crippen molar-refractivity contribution in [1.82, 2.24) is 0 Å². The minimum absolute atomic E-state index is 0.379. The maximum atomic E-state index is 11.4. The zero-order chi connectivity index (χ0) is 12.1. The molecule has 0 saturated carbocycles. The highest BCUT2D eigenvalue weighted by Crippen LogP contribution is 2.25. The van der Waals surface area contributed by atoms with E-state index in [0.717, 1.165) is 17.2 Å². The molecule has 0 unspecified atom stereocenters. The van der Waals surface area contributed by atoms with Crippen LogP contribution in [0.2, 0.25) is 0 Å². The van der Waals surface area contributed by atoms with Crippen molar-refractivity contribution in [2.45, 2.75) is 13.3 Å². The van der Waals surface area contributed by atoms with Crippen LogP contribution < -0.4 is 4.74 Å². The SMILES string of the molecule is CCCOC(=O)Oc1cccc2ccccc12. The van der Waals surface area contributed by atoms with E-state index in [1.807, 2.05) is 43.3 Å². The molecule has 3 nitrogen and oxygen atoms in total. The van der Waals surface area contributed by atoms with Gasteiger partial charge in [-0.15, -0.1) is 0 Å². The number of rotatable bonds is 3. The molecule has 0 radical (unpaired) electrons. The van der Waals surface area contributed by atoms with Gasteiger partial charge >= 0.3 is 6.16 Å². The largest absolute Gasteiger partial charge is 0.513 e. The molecule has 0 aromatic heterocycles. The molecule has 0 heterocycles. The summed E-state index contributed by atoms with van der Waals surface area (Å²) in [6.07, 6.45) is 0.133. The smallest absolute Gasteiger partial charge is 0.434 e. The van der Waals surface area contributed by atoms with E-state index in [4.69, 9.17) is 9.47 Å². The second-order valence-corrected chi connectivity index (χ2v) is 3.68. The Labute approximate surface area is 100.0 Å². The molecule has 17 heavy (non-hydrogen) atoms. The first-order valence-corrected chi connectivity index (χ1v) is 5.63. The topological polar surface area (TPSA) is 35.5 Å². The first-order chi connectivity index (χ1) is 8.31. The molecule has 0 bridgehead atoms. The van der Waals surface area contributed by atoms with Gasteiger partial charge in [0.15, 0.2) is 0 Å². The second-order valence-electron chi connectivity index (χ2n) is 3.68. The Kier molecular flexibility index (Phi) is 3.60. The van der Waals surface area contributed by atoms with Gasteiger partial charge < -0.3 is 9.47 Å². The van der Waals surface area contributed by atoms with Crippen LogP contribution in [0.1, 0.15) is 13.3 Å². The molecule has 0 saturated heterocycles. The standard InChI is InChI=1S/C14H14O3/c1-2-10-16-14(15)17-13-9-5-7-11-6-3-4-8-12(11)13/h3-9H,2,10H2,1H3. The van der Waals surface area contributed by atoms with Crippen molar-refractivity contribution in [2.75, 3.05) is 6.61 Å². The van der Waals surface area contributed by atoms with Gasteiger partial charge in [0, 0.05) is 5.39 Å². The molecule has 0 aliphatic rings. The lowest BCUT2D eigenvalue weighted by Gasteiger charge is -2.07. The van der Waals surface area contributed by atoms with Gasteiger partial charge in [-0.25, -0.2) is 4.79 Å². The summed E-state index contributed by atoms with van der Waals surface area (Å²) in [5.41, 5.74) is 0. The Balaban J connectivity index is 2.21. The van der Waals surface area contributed by atoms with Crippen LogP contribution in [0, 0.1) is 0 Å². The van der Waals surface area contributed by atoms with Crippen LogP contribution in [0.3, 0.4) is 0 Å². The van der Waals surface area contributed by atoms with Gasteiger partial charge in [-0.2, -0.15) is 0 Å². The molecule has 0 spiro atoms. The number of carbonyl (C=O) groups is 1. The fraction of sp³-hybridized carbons (Fsp3) is 0.214. The summed E-state index contributed by atoms with van der Waals surface area (Å²) < 4.78 is 10.1. The first kappa shape index (κ1) is 11.5. The zero-order valence-corrected chi connectivity index (χ0v) is 9.68. The highest BCUT2D eigenvalue weighted by Gasteiger charge is 2.08. The van der Waals surface area contributed by atoms with Crippen molar-refractivity contribution in [2.24, 2.45) is 0 Å². The molecular formula is C14H14O3. The number of fused-ring (bicyclic) bond motifs is 1. The van der Waals surface area contributed by atoms with E-state index in [-0.39, 0.29) is 0 Å². The third-order valence-electron chi connectivity index (χ3n) is 2.37. The van der Waals surface area contributed by atoms with Gasteiger partial charge in [0.05, 0.1) is 6.61 Å². The lowest BCUT2D eigenvalue weighted by Crippen LogP contribution is -2.11. The molecule has 2 aromatic carbocycles. The summed E-state index contributed by atoms with van der Waals surface area (Å²) in [7, 11) is 0. The third kappa shape index (κ3) is 2.75. The minimum atomic E-state index is -0.650. The fourth-order valence-corrected chi connectivity index (χ4v) is 1.59. The number of carbonyl (C=O) groups excluding carboxylic acids is 1. The number of hydrogen-bond donors (Lipinski definition) is 0. The predicted molar refractivity (Wildman–Crippen MR) is 66.2 cm³/mol. The van der Waals surface area contributed by atoms with Gasteiger partial charge in [0.1, 0.15) is 5.75 Å². The Morgan fingerprint density at radius 1 is 1.12 bits per heavy atom. The van der Waals surface area contributed by atoms with E-state index in [1.165, 1.54) is 0 Å². The van der Waals surface area contributed by atoms with Crippen molar-refractivity contribution in [3.05, 3.63) is 42.5 Å². The van der Waals surface area contributed by atoms with E-state index in [9.17, 15) is 4.79 Å². The molecule has 2 rings (SSSR count). The number of ether oxygens (including phenoxy) is 2. The first-order valence-electron chi connectivity index (χ1n) is 5.63. The molecule has 0 aliphatic carbocycles. The van der Waals surface area contributed by atoms with Gasteiger partial charge in [-0.3, -0.25) is 0 Å². The molecule has 0 atom stereocenters. The van der Waals surface area contributed by atoms with Crippen LogP contribution in [0.4, 0.5) is 4.79 Å². The monoisotopic (exact) mass is 230 g/mol. The van der Waals surface area contributed by atoms with Crippen molar-refractivity contribution in [3.8, 4) is 5.75 Å². The van der Waals surface area contributed by atoms with Gasteiger partial charge in [-0.1, -0.05) is 43.3 Å². The summed E-state index contributed by atoms with van der Waals surface area (Å²) in [5.74, 6) is 0.532. The summed E-state index contributed by atoms with van der Waals surface area (Å²) in [5, 5.41) is 1.94. The van der Waals surface area contributed by atoms with Crippen molar-refractivity contribution < 1.29 is 14.3 Å². The number of hydrogen-bond acceptors (Lipinski definition) is 3. The molecule has 0 aliphatic heterocycles. The van der Waals surface area contributed by atoms with Crippen LogP contribution >= 0.6 is 0 Å². The van der Waals surface area contributed by atoms with Crippen LogP contribution in [0.15, 0.2) is 42.5 Å². The zero-order valence-electron chi connectivity index (χ0n) is 9.68. The summed E-state index contributed by atoms with van der Waals surface area (Å²) in [4.78, 5) is 11.4. The van der Waals surface area contributed by atoms with E-state index in [1.54, 1.807) is 6.07 Å². The van der Waals surface area contributed by atoms with Crippen LogP contribution in [-0.2, 0) is 4.74 Å². The quantitative estimate of drug-likeness (QED) is 0.594. The van der Waals surface area contributed by atoms with E-state index >= 15 is 0 Å². The lowest BCUT2D eigenvalue weighted by atomic mass is 10.1. The highest BCUT2D eigenvalue weighted by molar-refractivity contribution is 5.89. The molecule has 0 fully saturated rings. The lowest BCUT2D eigenvalue weighted by molar-refractivity contribution is 0.0997.